The number of rotatable bonds is 4. The maximum atomic E-state index is 13.4. The summed E-state index contributed by atoms with van der Waals surface area (Å²) in [5.74, 6) is -1.97. The monoisotopic (exact) mass is 531 g/mol. The summed E-state index contributed by atoms with van der Waals surface area (Å²) in [7, 11) is 1.47. The second-order valence-corrected chi connectivity index (χ2v) is 8.41. The molecule has 1 atom stereocenters. The molecule has 1 fully saturated rings. The molecule has 1 unspecified atom stereocenters. The van der Waals surface area contributed by atoms with Crippen LogP contribution < -0.4 is 9.64 Å². The molecular weight excluding hydrogens is 515 g/mol. The van der Waals surface area contributed by atoms with E-state index in [4.69, 9.17) is 4.74 Å². The fourth-order valence-electron chi connectivity index (χ4n) is 3.80. The Morgan fingerprint density at radius 3 is 2.24 bits per heavy atom. The summed E-state index contributed by atoms with van der Waals surface area (Å²) in [6, 6.07) is 15.8. The van der Waals surface area contributed by atoms with Gasteiger partial charge in [0, 0.05) is 15.7 Å². The van der Waals surface area contributed by atoms with Crippen LogP contribution in [0.1, 0.15) is 22.7 Å². The normalized spacial score (nSPS) is 17.8. The number of carbonyl (C=O) groups excluding carboxylic acids is 2. The van der Waals surface area contributed by atoms with Crippen LogP contribution >= 0.6 is 15.9 Å². The van der Waals surface area contributed by atoms with E-state index in [9.17, 15) is 27.9 Å². The van der Waals surface area contributed by atoms with Crippen LogP contribution in [0.3, 0.4) is 0 Å². The summed E-state index contributed by atoms with van der Waals surface area (Å²) >= 11 is 3.29. The number of alkyl halides is 3. The number of anilines is 1. The minimum Gasteiger partial charge on any atom is -0.507 e. The van der Waals surface area contributed by atoms with Gasteiger partial charge in [-0.2, -0.15) is 13.2 Å². The molecule has 3 aromatic rings. The molecule has 1 amide bonds. The second kappa shape index (κ2) is 8.98. The molecule has 34 heavy (non-hydrogen) atoms. The lowest BCUT2D eigenvalue weighted by molar-refractivity contribution is -0.137. The highest BCUT2D eigenvalue weighted by atomic mass is 79.9. The second-order valence-electron chi connectivity index (χ2n) is 7.50. The standard InChI is InChI=1S/C25H17BrF3NO4/c1-34-19-11-7-14(8-12-19)21-20(22(31)15-5-9-17(26)10-6-15)23(32)24(33)30(21)18-4-2-3-16(13-18)25(27,28)29/h2-13,21,31H,1H3/b22-20-. The highest BCUT2D eigenvalue weighted by molar-refractivity contribution is 9.10. The van der Waals surface area contributed by atoms with Crippen molar-refractivity contribution in [2.24, 2.45) is 0 Å². The first-order valence-corrected chi connectivity index (χ1v) is 10.8. The third kappa shape index (κ3) is 4.31. The summed E-state index contributed by atoms with van der Waals surface area (Å²) in [5.41, 5.74) is -0.615. The predicted molar refractivity (Wildman–Crippen MR) is 123 cm³/mol. The molecule has 0 radical (unpaired) electrons. The van der Waals surface area contributed by atoms with Gasteiger partial charge >= 0.3 is 6.18 Å². The van der Waals surface area contributed by atoms with Crippen LogP contribution in [0.2, 0.25) is 0 Å². The van der Waals surface area contributed by atoms with Crippen molar-refractivity contribution in [2.75, 3.05) is 12.0 Å². The number of Topliss-reactive ketones (excluding diaryl/α,β-unsaturated/α-hetero) is 1. The van der Waals surface area contributed by atoms with Crippen molar-refractivity contribution >= 4 is 39.1 Å². The molecular formula is C25H17BrF3NO4. The van der Waals surface area contributed by atoms with Gasteiger partial charge in [0.05, 0.1) is 24.3 Å². The van der Waals surface area contributed by atoms with E-state index in [1.54, 1.807) is 48.5 Å². The Morgan fingerprint density at radius 1 is 1.00 bits per heavy atom. The lowest BCUT2D eigenvalue weighted by atomic mass is 9.95. The number of aliphatic hydroxyl groups is 1. The largest absolute Gasteiger partial charge is 0.507 e. The van der Waals surface area contributed by atoms with Gasteiger partial charge in [0.25, 0.3) is 11.7 Å². The Balaban J connectivity index is 1.93. The molecule has 0 spiro atoms. The molecule has 1 aliphatic rings. The molecule has 1 heterocycles. The minimum absolute atomic E-state index is 0.118. The zero-order valence-corrected chi connectivity index (χ0v) is 19.2. The summed E-state index contributed by atoms with van der Waals surface area (Å²) in [6.07, 6.45) is -4.64. The third-order valence-electron chi connectivity index (χ3n) is 5.45. The maximum absolute atomic E-state index is 13.4. The Labute approximate surface area is 201 Å². The van der Waals surface area contributed by atoms with Gasteiger partial charge in [-0.1, -0.05) is 46.3 Å². The van der Waals surface area contributed by atoms with Gasteiger partial charge in [-0.15, -0.1) is 0 Å². The molecule has 1 saturated heterocycles. The zero-order valence-electron chi connectivity index (χ0n) is 17.6. The van der Waals surface area contributed by atoms with Crippen molar-refractivity contribution in [1.82, 2.24) is 0 Å². The Kier molecular flexibility index (Phi) is 6.22. The zero-order chi connectivity index (χ0) is 24.6. The Morgan fingerprint density at radius 2 is 1.65 bits per heavy atom. The molecule has 1 aliphatic heterocycles. The molecule has 0 bridgehead atoms. The number of nitrogens with zero attached hydrogens (tertiary/aromatic N) is 1. The van der Waals surface area contributed by atoms with E-state index in [0.717, 1.165) is 27.6 Å². The molecule has 4 rings (SSSR count). The number of aliphatic hydroxyl groups excluding tert-OH is 1. The lowest BCUT2D eigenvalue weighted by Gasteiger charge is -2.26. The molecule has 174 valence electrons. The van der Waals surface area contributed by atoms with Gasteiger partial charge in [0.1, 0.15) is 11.5 Å². The smallest absolute Gasteiger partial charge is 0.416 e. The van der Waals surface area contributed by atoms with E-state index in [1.807, 2.05) is 0 Å². The first-order chi connectivity index (χ1) is 16.1. The van der Waals surface area contributed by atoms with E-state index in [2.05, 4.69) is 15.9 Å². The van der Waals surface area contributed by atoms with Crippen LogP contribution in [0, 0.1) is 0 Å². The lowest BCUT2D eigenvalue weighted by Crippen LogP contribution is -2.29. The van der Waals surface area contributed by atoms with E-state index in [1.165, 1.54) is 13.2 Å². The quantitative estimate of drug-likeness (QED) is 0.251. The first-order valence-electron chi connectivity index (χ1n) is 10.00. The van der Waals surface area contributed by atoms with Crippen molar-refractivity contribution in [3.05, 3.63) is 99.5 Å². The van der Waals surface area contributed by atoms with Gasteiger partial charge in [-0.05, 0) is 48.0 Å². The summed E-state index contributed by atoms with van der Waals surface area (Å²) < 4.78 is 46.0. The van der Waals surface area contributed by atoms with E-state index < -0.39 is 35.2 Å². The number of ketones is 1. The van der Waals surface area contributed by atoms with Gasteiger partial charge < -0.3 is 9.84 Å². The molecule has 0 saturated carbocycles. The van der Waals surface area contributed by atoms with Crippen molar-refractivity contribution < 1.29 is 32.6 Å². The van der Waals surface area contributed by atoms with E-state index in [0.29, 0.717) is 11.3 Å². The van der Waals surface area contributed by atoms with Crippen LogP contribution in [-0.2, 0) is 15.8 Å². The predicted octanol–water partition coefficient (Wildman–Crippen LogP) is 6.10. The van der Waals surface area contributed by atoms with Crippen molar-refractivity contribution in [3.8, 4) is 5.75 Å². The number of carbonyl (C=O) groups is 2. The van der Waals surface area contributed by atoms with Crippen molar-refractivity contribution in [2.45, 2.75) is 12.2 Å². The fourth-order valence-corrected chi connectivity index (χ4v) is 4.06. The van der Waals surface area contributed by atoms with Gasteiger partial charge in [0.2, 0.25) is 0 Å². The summed E-state index contributed by atoms with van der Waals surface area (Å²) in [5, 5.41) is 11.0. The number of amides is 1. The SMILES string of the molecule is COc1ccc(C2/C(=C(/O)c3ccc(Br)cc3)C(=O)C(=O)N2c2cccc(C(F)(F)F)c2)cc1. The average Bonchev–Trinajstić information content (AvgIpc) is 3.09. The topological polar surface area (TPSA) is 66.8 Å². The van der Waals surface area contributed by atoms with Crippen LogP contribution in [-0.4, -0.2) is 23.9 Å². The van der Waals surface area contributed by atoms with Gasteiger partial charge in [0.15, 0.2) is 0 Å². The molecule has 5 nitrogen and oxygen atoms in total. The third-order valence-corrected chi connectivity index (χ3v) is 5.97. The molecule has 0 aromatic heterocycles. The van der Waals surface area contributed by atoms with Crippen LogP contribution in [0.4, 0.5) is 18.9 Å². The summed E-state index contributed by atoms with van der Waals surface area (Å²) in [4.78, 5) is 27.2. The number of benzene rings is 3. The molecule has 0 aliphatic carbocycles. The number of methoxy groups -OCH3 is 1. The van der Waals surface area contributed by atoms with Crippen LogP contribution in [0.25, 0.3) is 5.76 Å². The number of ether oxygens (including phenoxy) is 1. The fraction of sp³-hybridized carbons (Fsp3) is 0.120. The summed E-state index contributed by atoms with van der Waals surface area (Å²) in [6.45, 7) is 0. The first kappa shape index (κ1) is 23.6. The van der Waals surface area contributed by atoms with E-state index in [-0.39, 0.29) is 16.8 Å². The number of halogens is 4. The van der Waals surface area contributed by atoms with Crippen molar-refractivity contribution in [1.29, 1.82) is 0 Å². The van der Waals surface area contributed by atoms with Crippen LogP contribution in [0.5, 0.6) is 5.75 Å². The van der Waals surface area contributed by atoms with Gasteiger partial charge in [-0.3, -0.25) is 14.5 Å². The highest BCUT2D eigenvalue weighted by Gasteiger charge is 2.47. The Hall–Kier alpha value is -3.59. The molecule has 9 heteroatoms. The minimum atomic E-state index is -4.64. The molecule has 3 aromatic carbocycles. The number of hydrogen-bond donors (Lipinski definition) is 1. The Bertz CT molecular complexity index is 1280. The number of hydrogen-bond acceptors (Lipinski definition) is 4. The average molecular weight is 532 g/mol. The highest BCUT2D eigenvalue weighted by Crippen LogP contribution is 2.43. The van der Waals surface area contributed by atoms with Crippen LogP contribution in [0.15, 0.2) is 82.8 Å². The maximum Gasteiger partial charge on any atom is 0.416 e. The van der Waals surface area contributed by atoms with Crippen molar-refractivity contribution in [3.63, 3.8) is 0 Å². The van der Waals surface area contributed by atoms with Gasteiger partial charge in [-0.25, -0.2) is 0 Å². The van der Waals surface area contributed by atoms with E-state index >= 15 is 0 Å². The molecule has 1 N–H and O–H groups in total.